The second kappa shape index (κ2) is 9.40. The summed E-state index contributed by atoms with van der Waals surface area (Å²) in [4.78, 5) is 17.7. The molecule has 3 aromatic heterocycles. The van der Waals surface area contributed by atoms with E-state index in [-0.39, 0.29) is 5.82 Å². The third-order valence-electron chi connectivity index (χ3n) is 6.76. The number of likely N-dealkylation sites (N-methyl/N-ethyl adjacent to an activating group) is 1. The van der Waals surface area contributed by atoms with E-state index in [2.05, 4.69) is 43.5 Å². The molecule has 0 aliphatic carbocycles. The van der Waals surface area contributed by atoms with E-state index >= 15 is 4.39 Å². The van der Waals surface area contributed by atoms with Gasteiger partial charge in [-0.1, -0.05) is 18.8 Å². The number of nitrogens with zero attached hydrogens (tertiary/aromatic N) is 6. The minimum Gasteiger partial charge on any atom is -0.367 e. The summed E-state index contributed by atoms with van der Waals surface area (Å²) in [6, 6.07) is 15.2. The van der Waals surface area contributed by atoms with E-state index in [1.54, 1.807) is 31.0 Å². The molecule has 178 valence electrons. The second-order valence-electron chi connectivity index (χ2n) is 8.89. The number of hydrogen-bond donors (Lipinski definition) is 0. The van der Waals surface area contributed by atoms with Crippen LogP contribution in [-0.2, 0) is 0 Å². The lowest BCUT2D eigenvalue weighted by atomic mass is 10.1. The van der Waals surface area contributed by atoms with E-state index in [1.165, 1.54) is 0 Å². The Morgan fingerprint density at radius 1 is 0.889 bits per heavy atom. The molecular formula is C29H25FN6. The van der Waals surface area contributed by atoms with E-state index in [1.807, 2.05) is 47.0 Å². The Morgan fingerprint density at radius 3 is 2.53 bits per heavy atom. The number of fused-ring (bicyclic) bond motifs is 3. The van der Waals surface area contributed by atoms with Crippen molar-refractivity contribution in [3.8, 4) is 17.5 Å². The number of pyridine rings is 2. The van der Waals surface area contributed by atoms with Gasteiger partial charge in [-0.2, -0.15) is 0 Å². The van der Waals surface area contributed by atoms with E-state index in [0.29, 0.717) is 5.69 Å². The number of imidazole rings is 1. The summed E-state index contributed by atoms with van der Waals surface area (Å²) in [7, 11) is 0. The van der Waals surface area contributed by atoms with Gasteiger partial charge in [0, 0.05) is 61.2 Å². The van der Waals surface area contributed by atoms with Crippen LogP contribution >= 0.6 is 0 Å². The fraction of sp³-hybridized carbons (Fsp3) is 0.207. The highest BCUT2D eigenvalue weighted by Gasteiger charge is 2.19. The quantitative estimate of drug-likeness (QED) is 0.355. The van der Waals surface area contributed by atoms with Crippen LogP contribution in [0.15, 0.2) is 73.4 Å². The molecule has 2 aromatic carbocycles. The Morgan fingerprint density at radius 2 is 1.75 bits per heavy atom. The molecule has 6 rings (SSSR count). The maximum Gasteiger partial charge on any atom is 0.148 e. The molecule has 0 saturated carbocycles. The lowest BCUT2D eigenvalue weighted by Gasteiger charge is -2.35. The van der Waals surface area contributed by atoms with Gasteiger partial charge in [0.25, 0.3) is 0 Å². The van der Waals surface area contributed by atoms with Crippen LogP contribution in [0.25, 0.3) is 27.6 Å². The first kappa shape index (κ1) is 22.2. The lowest BCUT2D eigenvalue weighted by Crippen LogP contribution is -2.46. The number of aromatic nitrogens is 4. The molecule has 0 atom stereocenters. The molecule has 0 unspecified atom stereocenters. The predicted molar refractivity (Wildman–Crippen MR) is 141 cm³/mol. The number of piperazine rings is 1. The van der Waals surface area contributed by atoms with Crippen molar-refractivity contribution in [1.29, 1.82) is 0 Å². The van der Waals surface area contributed by atoms with Crippen molar-refractivity contribution in [1.82, 2.24) is 24.4 Å². The van der Waals surface area contributed by atoms with E-state index in [0.717, 1.165) is 71.5 Å². The maximum atomic E-state index is 15.3. The number of hydrogen-bond acceptors (Lipinski definition) is 5. The van der Waals surface area contributed by atoms with Crippen molar-refractivity contribution in [3.05, 3.63) is 90.4 Å². The van der Waals surface area contributed by atoms with Gasteiger partial charge in [-0.05, 0) is 49.0 Å². The zero-order valence-corrected chi connectivity index (χ0v) is 20.0. The first-order valence-electron chi connectivity index (χ1n) is 12.1. The Bertz CT molecular complexity index is 1610. The summed E-state index contributed by atoms with van der Waals surface area (Å²) in [6.07, 6.45) is 6.96. The van der Waals surface area contributed by atoms with E-state index < -0.39 is 0 Å². The molecule has 1 saturated heterocycles. The van der Waals surface area contributed by atoms with Crippen LogP contribution in [-0.4, -0.2) is 57.1 Å². The topological polar surface area (TPSA) is 50.1 Å². The molecule has 0 bridgehead atoms. The van der Waals surface area contributed by atoms with Crippen molar-refractivity contribution < 1.29 is 4.39 Å². The van der Waals surface area contributed by atoms with Crippen LogP contribution in [0.2, 0.25) is 0 Å². The van der Waals surface area contributed by atoms with Crippen molar-refractivity contribution in [3.63, 3.8) is 0 Å². The van der Waals surface area contributed by atoms with E-state index in [9.17, 15) is 0 Å². The smallest absolute Gasteiger partial charge is 0.148 e. The molecule has 1 aliphatic heterocycles. The highest BCUT2D eigenvalue weighted by Crippen LogP contribution is 2.29. The molecule has 1 aliphatic rings. The summed E-state index contributed by atoms with van der Waals surface area (Å²) < 4.78 is 17.3. The summed E-state index contributed by atoms with van der Waals surface area (Å²) in [5, 5.41) is 0.920. The molecule has 0 amide bonds. The Labute approximate surface area is 209 Å². The molecule has 7 heteroatoms. The average molecular weight is 477 g/mol. The molecule has 0 N–H and O–H groups in total. The normalized spacial score (nSPS) is 14.2. The van der Waals surface area contributed by atoms with Crippen LogP contribution in [0.5, 0.6) is 0 Å². The summed E-state index contributed by atoms with van der Waals surface area (Å²) >= 11 is 0. The first-order valence-corrected chi connectivity index (χ1v) is 12.1. The molecule has 0 spiro atoms. The van der Waals surface area contributed by atoms with Crippen LogP contribution in [0.4, 0.5) is 10.1 Å². The monoisotopic (exact) mass is 476 g/mol. The lowest BCUT2D eigenvalue weighted by molar-refractivity contribution is 0.270. The van der Waals surface area contributed by atoms with Crippen LogP contribution in [0.1, 0.15) is 18.1 Å². The van der Waals surface area contributed by atoms with Gasteiger partial charge in [-0.15, -0.1) is 0 Å². The van der Waals surface area contributed by atoms with Crippen molar-refractivity contribution in [2.75, 3.05) is 37.6 Å². The third-order valence-corrected chi connectivity index (χ3v) is 6.76. The van der Waals surface area contributed by atoms with Crippen molar-refractivity contribution in [2.24, 2.45) is 0 Å². The van der Waals surface area contributed by atoms with Crippen LogP contribution < -0.4 is 4.90 Å². The zero-order valence-electron chi connectivity index (χ0n) is 20.0. The minimum absolute atomic E-state index is 0.222. The maximum absolute atomic E-state index is 15.3. The zero-order chi connectivity index (χ0) is 24.5. The summed E-state index contributed by atoms with van der Waals surface area (Å²) in [5.41, 5.74) is 5.56. The molecule has 0 radical (unpaired) electrons. The first-order chi connectivity index (χ1) is 17.7. The predicted octanol–water partition coefficient (Wildman–Crippen LogP) is 4.65. The fourth-order valence-corrected chi connectivity index (χ4v) is 4.76. The van der Waals surface area contributed by atoms with Gasteiger partial charge >= 0.3 is 0 Å². The van der Waals surface area contributed by atoms with Gasteiger partial charge in [0.2, 0.25) is 0 Å². The van der Waals surface area contributed by atoms with Gasteiger partial charge in [0.1, 0.15) is 17.7 Å². The Hall–Kier alpha value is -4.28. The van der Waals surface area contributed by atoms with Crippen LogP contribution in [0.3, 0.4) is 0 Å². The van der Waals surface area contributed by atoms with E-state index in [4.69, 9.17) is 0 Å². The van der Waals surface area contributed by atoms with Crippen molar-refractivity contribution >= 4 is 27.6 Å². The minimum atomic E-state index is -0.222. The second-order valence-corrected chi connectivity index (χ2v) is 8.89. The molecule has 1 fully saturated rings. The van der Waals surface area contributed by atoms with Crippen LogP contribution in [0, 0.1) is 17.7 Å². The number of halogens is 1. The number of benzene rings is 2. The summed E-state index contributed by atoms with van der Waals surface area (Å²) in [6.45, 7) is 6.76. The fourth-order valence-electron chi connectivity index (χ4n) is 4.76. The number of rotatable bonds is 3. The highest BCUT2D eigenvalue weighted by atomic mass is 19.1. The molecule has 6 nitrogen and oxygen atoms in total. The third kappa shape index (κ3) is 4.16. The standard InChI is InChI=1S/C29H25FN6/c1-2-34-12-14-35(15-13-34)28-10-8-23(17-25(28)30)36-20-33-27-19-32-26-9-7-21(16-24(26)29(27)36)5-6-22-4-3-11-31-18-22/h3-4,7-11,16-20H,2,12-15H2,1H3. The molecule has 5 aromatic rings. The largest absolute Gasteiger partial charge is 0.367 e. The van der Waals surface area contributed by atoms with Gasteiger partial charge < -0.3 is 9.80 Å². The Balaban J connectivity index is 1.38. The average Bonchev–Trinajstić information content (AvgIpc) is 3.37. The molecule has 36 heavy (non-hydrogen) atoms. The summed E-state index contributed by atoms with van der Waals surface area (Å²) in [5.74, 6) is 6.14. The SMILES string of the molecule is CCN1CCN(c2ccc(-n3cnc4cnc5ccc(C#Cc6cccnc6)cc5c43)cc2F)CC1. The van der Waals surface area contributed by atoms with Gasteiger partial charge in [-0.3, -0.25) is 14.5 Å². The Kier molecular flexibility index (Phi) is 5.80. The van der Waals surface area contributed by atoms with Gasteiger partial charge in [0.05, 0.1) is 28.6 Å². The highest BCUT2D eigenvalue weighted by molar-refractivity contribution is 6.03. The van der Waals surface area contributed by atoms with Crippen molar-refractivity contribution in [2.45, 2.75) is 6.92 Å². The number of anilines is 1. The van der Waals surface area contributed by atoms with Gasteiger partial charge in [0.15, 0.2) is 0 Å². The molecule has 4 heterocycles. The molecular weight excluding hydrogens is 451 g/mol. The van der Waals surface area contributed by atoms with Gasteiger partial charge in [-0.25, -0.2) is 9.37 Å².